The van der Waals surface area contributed by atoms with Crippen molar-refractivity contribution in [1.82, 2.24) is 4.98 Å². The number of thiazole rings is 1. The Morgan fingerprint density at radius 3 is 2.67 bits per heavy atom. The molecule has 0 unspecified atom stereocenters. The summed E-state index contributed by atoms with van der Waals surface area (Å²) in [6.07, 6.45) is -1.71. The molecule has 2 rings (SSSR count). The van der Waals surface area contributed by atoms with Gasteiger partial charge in [0.05, 0.1) is 6.61 Å². The predicted octanol–water partition coefficient (Wildman–Crippen LogP) is 4.53. The van der Waals surface area contributed by atoms with E-state index in [0.717, 1.165) is 5.56 Å². The first-order valence-corrected chi connectivity index (χ1v) is 7.14. The Kier molecular flexibility index (Phi) is 5.16. The lowest BCUT2D eigenvalue weighted by Gasteiger charge is -2.02. The molecular formula is C15H13F2NO2S. The predicted molar refractivity (Wildman–Crippen MR) is 77.4 cm³/mol. The molecule has 6 heteroatoms. The first-order chi connectivity index (χ1) is 10.1. The highest BCUT2D eigenvalue weighted by Crippen LogP contribution is 2.23. The smallest absolute Gasteiger partial charge is 0.357 e. The summed E-state index contributed by atoms with van der Waals surface area (Å²) in [4.78, 5) is 16.0. The summed E-state index contributed by atoms with van der Waals surface area (Å²) in [5, 5.41) is 2.32. The Labute approximate surface area is 124 Å². The molecule has 0 aliphatic heterocycles. The highest BCUT2D eigenvalue weighted by molar-refractivity contribution is 7.13. The van der Waals surface area contributed by atoms with Crippen LogP contribution in [-0.4, -0.2) is 17.6 Å². The van der Waals surface area contributed by atoms with Gasteiger partial charge in [-0.05, 0) is 12.5 Å². The standard InChI is InChI=1S/C15H13F2NO2S/c1-10(13(16)17)7-8-20-15(19)12-9-21-14(18-12)11-5-3-2-4-6-11/h2-6,9H,7-8H2,1H3. The van der Waals surface area contributed by atoms with E-state index in [0.29, 0.717) is 5.01 Å². The Morgan fingerprint density at radius 1 is 1.29 bits per heavy atom. The first kappa shape index (κ1) is 15.3. The summed E-state index contributed by atoms with van der Waals surface area (Å²) in [6.45, 7) is 1.22. The fourth-order valence-electron chi connectivity index (χ4n) is 1.55. The Morgan fingerprint density at radius 2 is 2.00 bits per heavy atom. The van der Waals surface area contributed by atoms with Crippen LogP contribution in [0, 0.1) is 0 Å². The highest BCUT2D eigenvalue weighted by Gasteiger charge is 2.13. The van der Waals surface area contributed by atoms with Crippen molar-refractivity contribution in [2.45, 2.75) is 13.3 Å². The maximum Gasteiger partial charge on any atom is 0.357 e. The van der Waals surface area contributed by atoms with Crippen LogP contribution >= 0.6 is 11.3 Å². The van der Waals surface area contributed by atoms with Gasteiger partial charge in [0.2, 0.25) is 0 Å². The zero-order valence-electron chi connectivity index (χ0n) is 11.3. The quantitative estimate of drug-likeness (QED) is 0.762. The molecule has 0 aliphatic carbocycles. The van der Waals surface area contributed by atoms with Gasteiger partial charge in [-0.15, -0.1) is 11.3 Å². The van der Waals surface area contributed by atoms with Crippen molar-refractivity contribution in [3.8, 4) is 10.6 Å². The van der Waals surface area contributed by atoms with E-state index in [9.17, 15) is 13.6 Å². The van der Waals surface area contributed by atoms with E-state index < -0.39 is 12.0 Å². The number of aromatic nitrogens is 1. The maximum atomic E-state index is 12.2. The van der Waals surface area contributed by atoms with E-state index in [1.807, 2.05) is 30.3 Å². The van der Waals surface area contributed by atoms with Crippen molar-refractivity contribution in [2.75, 3.05) is 6.61 Å². The second-order valence-electron chi connectivity index (χ2n) is 4.33. The highest BCUT2D eigenvalue weighted by atomic mass is 32.1. The van der Waals surface area contributed by atoms with E-state index in [1.54, 1.807) is 5.38 Å². The normalized spacial score (nSPS) is 10.2. The van der Waals surface area contributed by atoms with Crippen LogP contribution in [0.25, 0.3) is 10.6 Å². The molecule has 0 bridgehead atoms. The first-order valence-electron chi connectivity index (χ1n) is 6.26. The minimum absolute atomic E-state index is 0.0176. The Balaban J connectivity index is 1.95. The van der Waals surface area contributed by atoms with Gasteiger partial charge in [-0.3, -0.25) is 0 Å². The minimum atomic E-state index is -1.73. The summed E-state index contributed by atoms with van der Waals surface area (Å²) in [7, 11) is 0. The van der Waals surface area contributed by atoms with Crippen LogP contribution in [0.2, 0.25) is 0 Å². The molecule has 110 valence electrons. The van der Waals surface area contributed by atoms with Gasteiger partial charge in [-0.1, -0.05) is 30.3 Å². The van der Waals surface area contributed by atoms with Gasteiger partial charge in [-0.25, -0.2) is 9.78 Å². The second kappa shape index (κ2) is 7.08. The maximum absolute atomic E-state index is 12.2. The zero-order valence-corrected chi connectivity index (χ0v) is 12.1. The molecule has 1 heterocycles. The molecule has 0 atom stereocenters. The molecule has 0 fully saturated rings. The van der Waals surface area contributed by atoms with E-state index in [2.05, 4.69) is 4.98 Å². The van der Waals surface area contributed by atoms with Crippen LogP contribution < -0.4 is 0 Å². The van der Waals surface area contributed by atoms with Crippen molar-refractivity contribution in [1.29, 1.82) is 0 Å². The Bertz CT molecular complexity index is 649. The second-order valence-corrected chi connectivity index (χ2v) is 5.19. The monoisotopic (exact) mass is 309 g/mol. The molecule has 0 spiro atoms. The fraction of sp³-hybridized carbons (Fsp3) is 0.200. The van der Waals surface area contributed by atoms with Crippen LogP contribution in [0.5, 0.6) is 0 Å². The summed E-state index contributed by atoms with van der Waals surface area (Å²) in [6, 6.07) is 9.45. The summed E-state index contributed by atoms with van der Waals surface area (Å²) >= 11 is 1.33. The molecule has 0 saturated carbocycles. The zero-order chi connectivity index (χ0) is 15.2. The third-order valence-electron chi connectivity index (χ3n) is 2.77. The number of nitrogens with zero attached hydrogens (tertiary/aromatic N) is 1. The number of carbonyl (C=O) groups excluding carboxylic acids is 1. The fourth-order valence-corrected chi connectivity index (χ4v) is 2.34. The van der Waals surface area contributed by atoms with Gasteiger partial charge in [0.1, 0.15) is 5.01 Å². The van der Waals surface area contributed by atoms with E-state index in [4.69, 9.17) is 4.74 Å². The van der Waals surface area contributed by atoms with Crippen molar-refractivity contribution in [2.24, 2.45) is 0 Å². The number of carbonyl (C=O) groups is 1. The summed E-state index contributed by atoms with van der Waals surface area (Å²) in [5.41, 5.74) is 1.03. The third kappa shape index (κ3) is 4.19. The molecule has 0 saturated heterocycles. The van der Waals surface area contributed by atoms with E-state index in [-0.39, 0.29) is 24.3 Å². The number of ether oxygens (including phenoxy) is 1. The lowest BCUT2D eigenvalue weighted by molar-refractivity contribution is 0.0502. The van der Waals surface area contributed by atoms with Gasteiger partial charge in [0.25, 0.3) is 6.08 Å². The van der Waals surface area contributed by atoms with Gasteiger partial charge in [0.15, 0.2) is 5.69 Å². The molecule has 0 N–H and O–H groups in total. The summed E-state index contributed by atoms with van der Waals surface area (Å²) < 4.78 is 29.3. The molecule has 0 aliphatic rings. The largest absolute Gasteiger partial charge is 0.461 e. The minimum Gasteiger partial charge on any atom is -0.461 e. The number of benzene rings is 1. The van der Waals surface area contributed by atoms with E-state index >= 15 is 0 Å². The molecule has 3 nitrogen and oxygen atoms in total. The molecule has 0 amide bonds. The van der Waals surface area contributed by atoms with Crippen LogP contribution in [0.4, 0.5) is 8.78 Å². The molecule has 1 aromatic heterocycles. The van der Waals surface area contributed by atoms with Crippen molar-refractivity contribution >= 4 is 17.3 Å². The number of hydrogen-bond acceptors (Lipinski definition) is 4. The van der Waals surface area contributed by atoms with Crippen molar-refractivity contribution in [3.05, 3.63) is 53.1 Å². The average molecular weight is 309 g/mol. The number of hydrogen-bond donors (Lipinski definition) is 0. The SMILES string of the molecule is CC(CCOC(=O)c1csc(-c2ccccc2)n1)=C(F)F. The van der Waals surface area contributed by atoms with E-state index in [1.165, 1.54) is 18.3 Å². The number of rotatable bonds is 5. The molecule has 1 aromatic carbocycles. The van der Waals surface area contributed by atoms with Crippen LogP contribution in [0.1, 0.15) is 23.8 Å². The van der Waals surface area contributed by atoms with Crippen LogP contribution in [0.3, 0.4) is 0 Å². The van der Waals surface area contributed by atoms with Gasteiger partial charge < -0.3 is 4.74 Å². The number of esters is 1. The lowest BCUT2D eigenvalue weighted by Crippen LogP contribution is -2.07. The average Bonchev–Trinajstić information content (AvgIpc) is 2.97. The number of halogens is 2. The molecule has 0 radical (unpaired) electrons. The lowest BCUT2D eigenvalue weighted by atomic mass is 10.2. The summed E-state index contributed by atoms with van der Waals surface area (Å²) in [5.74, 6) is -0.597. The van der Waals surface area contributed by atoms with Gasteiger partial charge in [0, 0.05) is 17.4 Å². The van der Waals surface area contributed by atoms with Crippen molar-refractivity contribution in [3.63, 3.8) is 0 Å². The molecule has 2 aromatic rings. The molecule has 21 heavy (non-hydrogen) atoms. The third-order valence-corrected chi connectivity index (χ3v) is 3.66. The van der Waals surface area contributed by atoms with Crippen LogP contribution in [0.15, 0.2) is 47.4 Å². The topological polar surface area (TPSA) is 39.2 Å². The van der Waals surface area contributed by atoms with Crippen LogP contribution in [-0.2, 0) is 4.74 Å². The van der Waals surface area contributed by atoms with Gasteiger partial charge in [-0.2, -0.15) is 8.78 Å². The molecular weight excluding hydrogens is 296 g/mol. The Hall–Kier alpha value is -2.08. The van der Waals surface area contributed by atoms with Gasteiger partial charge >= 0.3 is 5.97 Å². The van der Waals surface area contributed by atoms with Crippen molar-refractivity contribution < 1.29 is 18.3 Å².